The molecule has 0 saturated heterocycles. The Morgan fingerprint density at radius 1 is 0.750 bits per heavy atom. The fraction of sp³-hybridized carbons (Fsp3) is 0.400. The minimum Gasteiger partial charge on any atom is -0.0654 e. The molecule has 0 amide bonds. The van der Waals surface area contributed by atoms with Gasteiger partial charge in [0.15, 0.2) is 0 Å². The first kappa shape index (κ1) is 14.8. The molecule has 0 aliphatic rings. The minimum absolute atomic E-state index is 0.591. The van der Waals surface area contributed by atoms with Crippen LogP contribution in [-0.4, -0.2) is 0 Å². The normalized spacial score (nSPS) is 15.6. The van der Waals surface area contributed by atoms with Crippen LogP contribution in [0.5, 0.6) is 0 Å². The minimum atomic E-state index is 0.591. The highest BCUT2D eigenvalue weighted by Gasteiger charge is 2.24. The number of hydrogen-bond donors (Lipinski definition) is 0. The predicted molar refractivity (Wildman–Crippen MR) is 88.1 cm³/mol. The summed E-state index contributed by atoms with van der Waals surface area (Å²) in [5.41, 5.74) is 2.95. The lowest BCUT2D eigenvalue weighted by molar-refractivity contribution is 0.376. The van der Waals surface area contributed by atoms with E-state index < -0.39 is 0 Å². The Labute approximate surface area is 123 Å². The summed E-state index contributed by atoms with van der Waals surface area (Å²) in [5, 5.41) is 0. The highest BCUT2D eigenvalue weighted by atomic mass is 14.3. The predicted octanol–water partition coefficient (Wildman–Crippen LogP) is 6.01. The molecule has 0 aromatic heterocycles. The summed E-state index contributed by atoms with van der Waals surface area (Å²) in [4.78, 5) is 0. The van der Waals surface area contributed by atoms with Crippen LogP contribution in [0.2, 0.25) is 0 Å². The molecular weight excluding hydrogens is 240 g/mol. The van der Waals surface area contributed by atoms with Crippen LogP contribution in [-0.2, 0) is 0 Å². The SMILES string of the molecule is CCCC(c1ccccc1)C(C)C(C)c1ccccc1. The van der Waals surface area contributed by atoms with Gasteiger partial charge in [-0.2, -0.15) is 0 Å². The molecule has 0 fully saturated rings. The summed E-state index contributed by atoms with van der Waals surface area (Å²) in [6.07, 6.45) is 2.51. The van der Waals surface area contributed by atoms with E-state index in [1.54, 1.807) is 0 Å². The number of rotatable bonds is 6. The molecule has 0 saturated carbocycles. The Kier molecular flexibility index (Phi) is 5.40. The van der Waals surface area contributed by atoms with E-state index in [4.69, 9.17) is 0 Å². The summed E-state index contributed by atoms with van der Waals surface area (Å²) in [6, 6.07) is 21.9. The van der Waals surface area contributed by atoms with Gasteiger partial charge in [-0.3, -0.25) is 0 Å². The van der Waals surface area contributed by atoms with Crippen molar-refractivity contribution in [3.05, 3.63) is 71.8 Å². The average molecular weight is 266 g/mol. The molecular formula is C20H26. The summed E-state index contributed by atoms with van der Waals surface area (Å²) < 4.78 is 0. The first-order valence-electron chi connectivity index (χ1n) is 7.84. The number of benzene rings is 2. The van der Waals surface area contributed by atoms with Crippen LogP contribution < -0.4 is 0 Å². The zero-order chi connectivity index (χ0) is 14.4. The van der Waals surface area contributed by atoms with Crippen LogP contribution in [0.25, 0.3) is 0 Å². The first-order chi connectivity index (χ1) is 9.74. The Bertz CT molecular complexity index is 486. The molecule has 0 bridgehead atoms. The molecule has 2 aromatic carbocycles. The molecule has 0 heterocycles. The van der Waals surface area contributed by atoms with Crippen molar-refractivity contribution in [1.82, 2.24) is 0 Å². The third-order valence-electron chi connectivity index (χ3n) is 4.58. The molecule has 0 spiro atoms. The Morgan fingerprint density at radius 3 is 1.75 bits per heavy atom. The van der Waals surface area contributed by atoms with Crippen molar-refractivity contribution in [2.75, 3.05) is 0 Å². The van der Waals surface area contributed by atoms with E-state index in [1.807, 2.05) is 0 Å². The van der Waals surface area contributed by atoms with E-state index in [0.717, 1.165) is 0 Å². The van der Waals surface area contributed by atoms with Gasteiger partial charge in [-0.15, -0.1) is 0 Å². The highest BCUT2D eigenvalue weighted by Crippen LogP contribution is 2.38. The standard InChI is InChI=1S/C20H26/c1-4-11-20(19-14-9-6-10-15-19)17(3)16(2)18-12-7-5-8-13-18/h5-10,12-17,20H,4,11H2,1-3H3. The van der Waals surface area contributed by atoms with Gasteiger partial charge >= 0.3 is 0 Å². The maximum absolute atomic E-state index is 2.41. The molecule has 2 aromatic rings. The molecule has 0 aliphatic heterocycles. The third-order valence-corrected chi connectivity index (χ3v) is 4.58. The summed E-state index contributed by atoms with van der Waals surface area (Å²) in [6.45, 7) is 7.06. The summed E-state index contributed by atoms with van der Waals surface area (Å²) in [5.74, 6) is 1.89. The van der Waals surface area contributed by atoms with Crippen molar-refractivity contribution >= 4 is 0 Å². The maximum atomic E-state index is 2.41. The topological polar surface area (TPSA) is 0 Å². The van der Waals surface area contributed by atoms with Gasteiger partial charge in [0.05, 0.1) is 0 Å². The Balaban J connectivity index is 2.21. The molecule has 0 N–H and O–H groups in total. The van der Waals surface area contributed by atoms with E-state index in [-0.39, 0.29) is 0 Å². The largest absolute Gasteiger partial charge is 0.0654 e. The lowest BCUT2D eigenvalue weighted by atomic mass is 9.75. The monoisotopic (exact) mass is 266 g/mol. The lowest BCUT2D eigenvalue weighted by Gasteiger charge is -2.29. The van der Waals surface area contributed by atoms with E-state index >= 15 is 0 Å². The van der Waals surface area contributed by atoms with E-state index in [0.29, 0.717) is 17.8 Å². The molecule has 3 atom stereocenters. The Morgan fingerprint density at radius 2 is 1.25 bits per heavy atom. The van der Waals surface area contributed by atoms with Gasteiger partial charge in [-0.25, -0.2) is 0 Å². The van der Waals surface area contributed by atoms with Crippen molar-refractivity contribution in [1.29, 1.82) is 0 Å². The first-order valence-corrected chi connectivity index (χ1v) is 7.84. The highest BCUT2D eigenvalue weighted by molar-refractivity contribution is 5.24. The van der Waals surface area contributed by atoms with Crippen LogP contribution in [0.1, 0.15) is 56.6 Å². The molecule has 0 heteroatoms. The van der Waals surface area contributed by atoms with Gasteiger partial charge < -0.3 is 0 Å². The van der Waals surface area contributed by atoms with Crippen molar-refractivity contribution in [2.24, 2.45) is 5.92 Å². The van der Waals surface area contributed by atoms with Crippen LogP contribution in [0.4, 0.5) is 0 Å². The van der Waals surface area contributed by atoms with Gasteiger partial charge in [0, 0.05) is 0 Å². The van der Waals surface area contributed by atoms with Gasteiger partial charge in [0.2, 0.25) is 0 Å². The molecule has 0 nitrogen and oxygen atoms in total. The zero-order valence-corrected chi connectivity index (χ0v) is 12.9. The molecule has 0 aliphatic carbocycles. The smallest absolute Gasteiger partial charge is 0.0131 e. The Hall–Kier alpha value is -1.56. The van der Waals surface area contributed by atoms with E-state index in [1.165, 1.54) is 24.0 Å². The molecule has 2 rings (SSSR count). The van der Waals surface area contributed by atoms with Crippen LogP contribution in [0.3, 0.4) is 0 Å². The van der Waals surface area contributed by atoms with Gasteiger partial charge in [0.25, 0.3) is 0 Å². The summed E-state index contributed by atoms with van der Waals surface area (Å²) in [7, 11) is 0. The second kappa shape index (κ2) is 7.28. The zero-order valence-electron chi connectivity index (χ0n) is 12.9. The fourth-order valence-corrected chi connectivity index (χ4v) is 3.15. The van der Waals surface area contributed by atoms with Crippen molar-refractivity contribution in [3.63, 3.8) is 0 Å². The van der Waals surface area contributed by atoms with Gasteiger partial charge in [-0.1, -0.05) is 87.9 Å². The molecule has 3 unspecified atom stereocenters. The second-order valence-corrected chi connectivity index (χ2v) is 5.86. The summed E-state index contributed by atoms with van der Waals surface area (Å²) >= 11 is 0. The van der Waals surface area contributed by atoms with Crippen molar-refractivity contribution in [2.45, 2.75) is 45.4 Å². The maximum Gasteiger partial charge on any atom is -0.0131 e. The lowest BCUT2D eigenvalue weighted by Crippen LogP contribution is -2.16. The average Bonchev–Trinajstić information content (AvgIpc) is 2.53. The second-order valence-electron chi connectivity index (χ2n) is 5.86. The van der Waals surface area contributed by atoms with E-state index in [2.05, 4.69) is 81.4 Å². The van der Waals surface area contributed by atoms with Crippen LogP contribution in [0, 0.1) is 5.92 Å². The van der Waals surface area contributed by atoms with Gasteiger partial charge in [0.1, 0.15) is 0 Å². The van der Waals surface area contributed by atoms with Crippen molar-refractivity contribution < 1.29 is 0 Å². The quantitative estimate of drug-likeness (QED) is 0.600. The molecule has 20 heavy (non-hydrogen) atoms. The number of hydrogen-bond acceptors (Lipinski definition) is 0. The third kappa shape index (κ3) is 3.50. The van der Waals surface area contributed by atoms with Crippen LogP contribution >= 0.6 is 0 Å². The van der Waals surface area contributed by atoms with Crippen LogP contribution in [0.15, 0.2) is 60.7 Å². The van der Waals surface area contributed by atoms with E-state index in [9.17, 15) is 0 Å². The van der Waals surface area contributed by atoms with Gasteiger partial charge in [-0.05, 0) is 35.3 Å². The van der Waals surface area contributed by atoms with Crippen molar-refractivity contribution in [3.8, 4) is 0 Å². The molecule has 106 valence electrons. The fourth-order valence-electron chi connectivity index (χ4n) is 3.15. The molecule has 0 radical (unpaired) electrons.